The molecule has 7 nitrogen and oxygen atoms in total. The number of carbonyl (C=O) groups excluding carboxylic acids is 1. The molecule has 0 spiro atoms. The van der Waals surface area contributed by atoms with E-state index in [2.05, 4.69) is 38.4 Å². The van der Waals surface area contributed by atoms with Gasteiger partial charge in [-0.05, 0) is 56.7 Å². The lowest BCUT2D eigenvalue weighted by Crippen LogP contribution is -2.45. The van der Waals surface area contributed by atoms with Crippen LogP contribution < -0.4 is 15.5 Å². The van der Waals surface area contributed by atoms with Crippen LogP contribution in [0.3, 0.4) is 0 Å². The van der Waals surface area contributed by atoms with Crippen molar-refractivity contribution in [2.75, 3.05) is 37.6 Å². The maximum absolute atomic E-state index is 12.9. The minimum absolute atomic E-state index is 0. The third kappa shape index (κ3) is 6.71. The molecule has 0 aromatic carbocycles. The molecule has 2 saturated heterocycles. The van der Waals surface area contributed by atoms with E-state index in [1.165, 1.54) is 37.7 Å². The quantitative estimate of drug-likeness (QED) is 0.320. The minimum Gasteiger partial charge on any atom is -0.357 e. The number of hydrogen-bond acceptors (Lipinski definition) is 4. The first kappa shape index (κ1) is 25.1. The second kappa shape index (κ2) is 12.6. The maximum atomic E-state index is 12.9. The van der Waals surface area contributed by atoms with E-state index in [1.54, 1.807) is 0 Å². The van der Waals surface area contributed by atoms with Gasteiger partial charge in [-0.3, -0.25) is 4.79 Å². The normalized spacial score (nSPS) is 22.0. The Morgan fingerprint density at radius 3 is 2.66 bits per heavy atom. The van der Waals surface area contributed by atoms with Crippen molar-refractivity contribution in [1.82, 2.24) is 20.5 Å². The van der Waals surface area contributed by atoms with Crippen LogP contribution in [0.25, 0.3) is 0 Å². The van der Waals surface area contributed by atoms with E-state index >= 15 is 0 Å². The van der Waals surface area contributed by atoms with Crippen LogP contribution in [0.15, 0.2) is 23.3 Å². The second-order valence-electron chi connectivity index (χ2n) is 9.16. The molecule has 1 amide bonds. The van der Waals surface area contributed by atoms with E-state index in [0.29, 0.717) is 12.5 Å². The molecule has 1 aromatic heterocycles. The molecular weight excluding hydrogens is 515 g/mol. The number of amides is 1. The van der Waals surface area contributed by atoms with E-state index in [0.717, 1.165) is 63.8 Å². The number of nitrogens with zero attached hydrogens (tertiary/aromatic N) is 4. The summed E-state index contributed by atoms with van der Waals surface area (Å²) < 4.78 is 0. The summed E-state index contributed by atoms with van der Waals surface area (Å²) in [5, 5.41) is 6.93. The van der Waals surface area contributed by atoms with Crippen LogP contribution >= 0.6 is 24.0 Å². The van der Waals surface area contributed by atoms with Crippen LogP contribution in [0.5, 0.6) is 0 Å². The fourth-order valence-corrected chi connectivity index (χ4v) is 5.05. The van der Waals surface area contributed by atoms with Crippen LogP contribution in [0.2, 0.25) is 0 Å². The molecule has 3 fully saturated rings. The Balaban J connectivity index is 0.00000289. The van der Waals surface area contributed by atoms with Gasteiger partial charge in [0, 0.05) is 50.9 Å². The zero-order valence-corrected chi connectivity index (χ0v) is 21.7. The largest absolute Gasteiger partial charge is 0.357 e. The number of aliphatic imine (C=N–C) groups is 1. The Morgan fingerprint density at radius 2 is 1.91 bits per heavy atom. The SMILES string of the molecule is CCNC(=NCc1ccnc(N2CCCC2)c1)NC1CCN(C(=O)C2CCCCC2)C1.I. The smallest absolute Gasteiger partial charge is 0.225 e. The van der Waals surface area contributed by atoms with Gasteiger partial charge in [-0.15, -0.1) is 24.0 Å². The number of guanidine groups is 1. The highest BCUT2D eigenvalue weighted by atomic mass is 127. The number of nitrogens with one attached hydrogen (secondary N) is 2. The molecule has 3 aliphatic rings. The van der Waals surface area contributed by atoms with Crippen molar-refractivity contribution in [1.29, 1.82) is 0 Å². The summed E-state index contributed by atoms with van der Waals surface area (Å²) in [7, 11) is 0. The molecule has 0 radical (unpaired) electrons. The predicted molar refractivity (Wildman–Crippen MR) is 141 cm³/mol. The third-order valence-corrected chi connectivity index (χ3v) is 6.80. The van der Waals surface area contributed by atoms with Gasteiger partial charge in [0.1, 0.15) is 5.82 Å². The Kier molecular flexibility index (Phi) is 9.87. The topological polar surface area (TPSA) is 72.9 Å². The molecule has 3 heterocycles. The van der Waals surface area contributed by atoms with Crippen molar-refractivity contribution in [3.63, 3.8) is 0 Å². The summed E-state index contributed by atoms with van der Waals surface area (Å²) in [5.41, 5.74) is 1.18. The van der Waals surface area contributed by atoms with Crippen molar-refractivity contribution >= 4 is 41.7 Å². The number of pyridine rings is 1. The van der Waals surface area contributed by atoms with Gasteiger partial charge in [0.15, 0.2) is 5.96 Å². The Morgan fingerprint density at radius 1 is 1.12 bits per heavy atom. The summed E-state index contributed by atoms with van der Waals surface area (Å²) in [6, 6.07) is 4.48. The lowest BCUT2D eigenvalue weighted by molar-refractivity contribution is -0.135. The Labute approximate surface area is 209 Å². The van der Waals surface area contributed by atoms with Gasteiger partial charge < -0.3 is 20.4 Å². The van der Waals surface area contributed by atoms with E-state index in [1.807, 2.05) is 12.3 Å². The highest BCUT2D eigenvalue weighted by Gasteiger charge is 2.31. The molecule has 2 N–H and O–H groups in total. The van der Waals surface area contributed by atoms with E-state index < -0.39 is 0 Å². The predicted octanol–water partition coefficient (Wildman–Crippen LogP) is 3.54. The Hall–Kier alpha value is -1.58. The average molecular weight is 555 g/mol. The zero-order valence-electron chi connectivity index (χ0n) is 19.4. The lowest BCUT2D eigenvalue weighted by atomic mass is 9.88. The van der Waals surface area contributed by atoms with Gasteiger partial charge in [0.25, 0.3) is 0 Å². The zero-order chi connectivity index (χ0) is 21.5. The Bertz CT molecular complexity index is 761. The molecule has 0 bridgehead atoms. The van der Waals surface area contributed by atoms with Crippen LogP contribution in [-0.4, -0.2) is 60.5 Å². The summed E-state index contributed by atoms with van der Waals surface area (Å²) >= 11 is 0. The molecule has 4 rings (SSSR count). The minimum atomic E-state index is 0. The van der Waals surface area contributed by atoms with Gasteiger partial charge >= 0.3 is 0 Å². The molecular formula is C24H39IN6O. The molecule has 1 atom stereocenters. The standard InChI is InChI=1S/C24H38N6O.HI/c1-2-25-24(27-17-19-10-12-26-22(16-19)29-13-6-7-14-29)28-21-11-15-30(18-21)23(31)20-8-4-3-5-9-20;/h10,12,16,20-21H,2-9,11,13-15,17-18H2,1H3,(H2,25,27,28);1H. The number of aromatic nitrogens is 1. The summed E-state index contributed by atoms with van der Waals surface area (Å²) in [6.45, 7) is 7.37. The van der Waals surface area contributed by atoms with Gasteiger partial charge in [-0.2, -0.15) is 0 Å². The van der Waals surface area contributed by atoms with E-state index in [9.17, 15) is 4.79 Å². The fraction of sp³-hybridized carbons (Fsp3) is 0.708. The van der Waals surface area contributed by atoms with Crippen molar-refractivity contribution in [3.05, 3.63) is 23.9 Å². The third-order valence-electron chi connectivity index (χ3n) is 6.80. The number of hydrogen-bond donors (Lipinski definition) is 2. The fourth-order valence-electron chi connectivity index (χ4n) is 5.05. The summed E-state index contributed by atoms with van der Waals surface area (Å²) in [5.74, 6) is 2.53. The van der Waals surface area contributed by atoms with Crippen LogP contribution in [0, 0.1) is 5.92 Å². The molecule has 2 aliphatic heterocycles. The van der Waals surface area contributed by atoms with Crippen LogP contribution in [-0.2, 0) is 11.3 Å². The summed E-state index contributed by atoms with van der Waals surface area (Å²) in [6.07, 6.45) is 11.2. The van der Waals surface area contributed by atoms with Gasteiger partial charge in [0.05, 0.1) is 6.54 Å². The van der Waals surface area contributed by atoms with Crippen molar-refractivity contribution in [3.8, 4) is 0 Å². The highest BCUT2D eigenvalue weighted by Crippen LogP contribution is 2.27. The van der Waals surface area contributed by atoms with Gasteiger partial charge in [-0.1, -0.05) is 19.3 Å². The van der Waals surface area contributed by atoms with Crippen molar-refractivity contribution in [2.24, 2.45) is 10.9 Å². The molecule has 32 heavy (non-hydrogen) atoms. The van der Waals surface area contributed by atoms with E-state index in [4.69, 9.17) is 4.99 Å². The first-order valence-electron chi connectivity index (χ1n) is 12.3. The summed E-state index contributed by atoms with van der Waals surface area (Å²) in [4.78, 5) is 26.6. The second-order valence-corrected chi connectivity index (χ2v) is 9.16. The van der Waals surface area contributed by atoms with Gasteiger partial charge in [-0.25, -0.2) is 9.98 Å². The monoisotopic (exact) mass is 554 g/mol. The molecule has 1 aromatic rings. The molecule has 1 saturated carbocycles. The van der Waals surface area contributed by atoms with Crippen LogP contribution in [0.4, 0.5) is 5.82 Å². The highest BCUT2D eigenvalue weighted by molar-refractivity contribution is 14.0. The molecule has 1 unspecified atom stereocenters. The number of anilines is 1. The number of likely N-dealkylation sites (tertiary alicyclic amines) is 1. The molecule has 8 heteroatoms. The average Bonchev–Trinajstić information content (AvgIpc) is 3.51. The number of carbonyl (C=O) groups is 1. The first-order valence-corrected chi connectivity index (χ1v) is 12.3. The van der Waals surface area contributed by atoms with Gasteiger partial charge in [0.2, 0.25) is 5.91 Å². The number of rotatable bonds is 6. The number of halogens is 1. The van der Waals surface area contributed by atoms with Crippen molar-refractivity contribution in [2.45, 2.75) is 70.9 Å². The van der Waals surface area contributed by atoms with Crippen molar-refractivity contribution < 1.29 is 4.79 Å². The van der Waals surface area contributed by atoms with Crippen LogP contribution in [0.1, 0.15) is 63.9 Å². The lowest BCUT2D eigenvalue weighted by Gasteiger charge is -2.26. The first-order chi connectivity index (χ1) is 15.2. The molecule has 178 valence electrons. The maximum Gasteiger partial charge on any atom is 0.225 e. The van der Waals surface area contributed by atoms with E-state index in [-0.39, 0.29) is 35.9 Å². The molecule has 1 aliphatic carbocycles.